The number of likely N-dealkylation sites (tertiary alicyclic amines) is 2. The maximum absolute atomic E-state index is 13.4. The largest absolute Gasteiger partial charge is 0.492 e. The van der Waals surface area contributed by atoms with Gasteiger partial charge in [-0.15, -0.1) is 0 Å². The van der Waals surface area contributed by atoms with Crippen LogP contribution in [0.1, 0.15) is 41.1 Å². The Labute approximate surface area is 185 Å². The van der Waals surface area contributed by atoms with Gasteiger partial charge < -0.3 is 15.0 Å². The average Bonchev–Trinajstić information content (AvgIpc) is 3.48. The van der Waals surface area contributed by atoms with Gasteiger partial charge in [0.1, 0.15) is 12.4 Å². The second-order valence-electron chi connectivity index (χ2n) is 9.12. The van der Waals surface area contributed by atoms with Gasteiger partial charge in [0.25, 0.3) is 5.91 Å². The van der Waals surface area contributed by atoms with E-state index in [1.807, 2.05) is 24.3 Å². The van der Waals surface area contributed by atoms with Gasteiger partial charge in [0.15, 0.2) is 0 Å². The van der Waals surface area contributed by atoms with E-state index < -0.39 is 0 Å². The van der Waals surface area contributed by atoms with Crippen LogP contribution < -0.4 is 10.1 Å². The fourth-order valence-corrected chi connectivity index (χ4v) is 5.59. The van der Waals surface area contributed by atoms with Crippen molar-refractivity contribution in [2.24, 2.45) is 5.92 Å². The van der Waals surface area contributed by atoms with Gasteiger partial charge in [-0.3, -0.25) is 9.69 Å². The lowest BCUT2D eigenvalue weighted by atomic mass is 9.82. The van der Waals surface area contributed by atoms with Crippen molar-refractivity contribution in [3.05, 3.63) is 65.7 Å². The molecule has 5 heteroatoms. The quantitative estimate of drug-likeness (QED) is 0.780. The molecule has 3 aliphatic heterocycles. The number of ether oxygens (including phenoxy) is 1. The number of amides is 1. The van der Waals surface area contributed by atoms with Crippen molar-refractivity contribution in [3.8, 4) is 5.75 Å². The zero-order valence-electron chi connectivity index (χ0n) is 18.2. The van der Waals surface area contributed by atoms with Crippen molar-refractivity contribution in [3.63, 3.8) is 0 Å². The van der Waals surface area contributed by atoms with Crippen molar-refractivity contribution in [1.82, 2.24) is 15.1 Å². The number of carbonyl (C=O) groups is 1. The number of hydrogen-bond donors (Lipinski definition) is 1. The highest BCUT2D eigenvalue weighted by Crippen LogP contribution is 2.40. The predicted octanol–water partition coefficient (Wildman–Crippen LogP) is 3.38. The van der Waals surface area contributed by atoms with E-state index in [4.69, 9.17) is 4.74 Å². The molecule has 3 fully saturated rings. The Morgan fingerprint density at radius 2 is 1.81 bits per heavy atom. The molecule has 164 valence electrons. The third-order valence-corrected chi connectivity index (χ3v) is 7.27. The summed E-state index contributed by atoms with van der Waals surface area (Å²) in [7, 11) is 0. The number of piperidine rings is 1. The van der Waals surface area contributed by atoms with Gasteiger partial charge in [-0.1, -0.05) is 30.3 Å². The van der Waals surface area contributed by atoms with Crippen LogP contribution in [0.15, 0.2) is 54.6 Å². The summed E-state index contributed by atoms with van der Waals surface area (Å²) in [5, 5.41) is 3.54. The highest BCUT2D eigenvalue weighted by Gasteiger charge is 2.45. The number of nitrogens with zero attached hydrogens (tertiary/aromatic N) is 2. The number of nitrogens with one attached hydrogen (secondary N) is 1. The second kappa shape index (κ2) is 9.41. The van der Waals surface area contributed by atoms with Crippen molar-refractivity contribution >= 4 is 5.91 Å². The Kier molecular flexibility index (Phi) is 6.23. The zero-order chi connectivity index (χ0) is 21.0. The first kappa shape index (κ1) is 20.5. The Bertz CT molecular complexity index is 864. The second-order valence-corrected chi connectivity index (χ2v) is 9.12. The SMILES string of the molecule is O=C(c1ccc(OCCN2CCCC2)cc1)N1C[C@@H](c2ccccc2)[C@@H]2CNCC[C@@H]21. The molecule has 0 aliphatic carbocycles. The van der Waals surface area contributed by atoms with Gasteiger partial charge in [0.2, 0.25) is 0 Å². The molecule has 2 aromatic carbocycles. The van der Waals surface area contributed by atoms with E-state index in [1.165, 1.54) is 31.5 Å². The van der Waals surface area contributed by atoms with Gasteiger partial charge >= 0.3 is 0 Å². The molecule has 0 aromatic heterocycles. The first-order chi connectivity index (χ1) is 15.3. The van der Waals surface area contributed by atoms with E-state index in [0.29, 0.717) is 24.5 Å². The summed E-state index contributed by atoms with van der Waals surface area (Å²) >= 11 is 0. The third kappa shape index (κ3) is 4.48. The molecular formula is C26H33N3O2. The van der Waals surface area contributed by atoms with E-state index >= 15 is 0 Å². The van der Waals surface area contributed by atoms with Gasteiger partial charge in [0, 0.05) is 43.1 Å². The molecule has 1 amide bonds. The van der Waals surface area contributed by atoms with E-state index in [0.717, 1.165) is 43.9 Å². The third-order valence-electron chi connectivity index (χ3n) is 7.27. The van der Waals surface area contributed by atoms with Crippen LogP contribution in [-0.2, 0) is 0 Å². The Morgan fingerprint density at radius 1 is 1.03 bits per heavy atom. The first-order valence-electron chi connectivity index (χ1n) is 11.8. The molecule has 0 unspecified atom stereocenters. The average molecular weight is 420 g/mol. The fourth-order valence-electron chi connectivity index (χ4n) is 5.59. The minimum absolute atomic E-state index is 0.152. The van der Waals surface area contributed by atoms with Crippen LogP contribution in [0.2, 0.25) is 0 Å². The summed E-state index contributed by atoms with van der Waals surface area (Å²) in [5.74, 6) is 1.88. The van der Waals surface area contributed by atoms with Gasteiger partial charge in [-0.05, 0) is 68.7 Å². The highest BCUT2D eigenvalue weighted by molar-refractivity contribution is 5.95. The van der Waals surface area contributed by atoms with Gasteiger partial charge in [-0.2, -0.15) is 0 Å². The number of hydrogen-bond acceptors (Lipinski definition) is 4. The minimum Gasteiger partial charge on any atom is -0.492 e. The number of benzene rings is 2. The van der Waals surface area contributed by atoms with Crippen LogP contribution in [0, 0.1) is 5.92 Å². The normalized spacial score (nSPS) is 26.1. The molecule has 5 rings (SSSR count). The molecule has 2 aromatic rings. The number of rotatable bonds is 6. The van der Waals surface area contributed by atoms with Crippen LogP contribution in [0.3, 0.4) is 0 Å². The van der Waals surface area contributed by atoms with E-state index in [-0.39, 0.29) is 5.91 Å². The summed E-state index contributed by atoms with van der Waals surface area (Å²) in [6.45, 7) is 6.83. The highest BCUT2D eigenvalue weighted by atomic mass is 16.5. The van der Waals surface area contributed by atoms with Crippen LogP contribution in [0.5, 0.6) is 5.75 Å². The number of carbonyl (C=O) groups excluding carboxylic acids is 1. The summed E-state index contributed by atoms with van der Waals surface area (Å²) in [6, 6.07) is 18.8. The molecule has 3 heterocycles. The van der Waals surface area contributed by atoms with Crippen molar-refractivity contribution < 1.29 is 9.53 Å². The molecule has 0 radical (unpaired) electrons. The molecule has 3 aliphatic rings. The Hall–Kier alpha value is -2.37. The molecule has 0 bridgehead atoms. The van der Waals surface area contributed by atoms with Gasteiger partial charge in [0.05, 0.1) is 0 Å². The summed E-state index contributed by atoms with van der Waals surface area (Å²) in [5.41, 5.74) is 2.11. The monoisotopic (exact) mass is 419 g/mol. The van der Waals surface area contributed by atoms with Gasteiger partial charge in [-0.25, -0.2) is 0 Å². The predicted molar refractivity (Wildman–Crippen MR) is 123 cm³/mol. The van der Waals surface area contributed by atoms with E-state index in [9.17, 15) is 4.79 Å². The van der Waals surface area contributed by atoms with E-state index in [1.54, 1.807) is 0 Å². The Morgan fingerprint density at radius 3 is 2.58 bits per heavy atom. The lowest BCUT2D eigenvalue weighted by molar-refractivity contribution is 0.0697. The topological polar surface area (TPSA) is 44.8 Å². The standard InChI is InChI=1S/C26H33N3O2/c30-26(21-8-10-22(11-9-21)31-17-16-28-14-4-5-15-28)29-19-24(20-6-2-1-3-7-20)23-18-27-13-12-25(23)29/h1-3,6-11,23-25,27H,4-5,12-19H2/t23-,24-,25-/m0/s1. The van der Waals surface area contributed by atoms with Crippen LogP contribution in [-0.4, -0.2) is 67.6 Å². The molecule has 5 nitrogen and oxygen atoms in total. The van der Waals surface area contributed by atoms with Crippen LogP contribution in [0.25, 0.3) is 0 Å². The molecule has 3 saturated heterocycles. The van der Waals surface area contributed by atoms with Crippen LogP contribution >= 0.6 is 0 Å². The summed E-state index contributed by atoms with van der Waals surface area (Å²) in [6.07, 6.45) is 3.63. The van der Waals surface area contributed by atoms with E-state index in [2.05, 4.69) is 45.4 Å². The zero-order valence-corrected chi connectivity index (χ0v) is 18.2. The minimum atomic E-state index is 0.152. The summed E-state index contributed by atoms with van der Waals surface area (Å²) in [4.78, 5) is 18.0. The molecular weight excluding hydrogens is 386 g/mol. The van der Waals surface area contributed by atoms with Crippen LogP contribution in [0.4, 0.5) is 0 Å². The number of fused-ring (bicyclic) bond motifs is 1. The first-order valence-corrected chi connectivity index (χ1v) is 11.8. The summed E-state index contributed by atoms with van der Waals surface area (Å²) < 4.78 is 5.91. The maximum Gasteiger partial charge on any atom is 0.254 e. The molecule has 0 saturated carbocycles. The smallest absolute Gasteiger partial charge is 0.254 e. The molecule has 31 heavy (non-hydrogen) atoms. The van der Waals surface area contributed by atoms with Crippen molar-refractivity contribution in [1.29, 1.82) is 0 Å². The lowest BCUT2D eigenvalue weighted by Crippen LogP contribution is -2.46. The maximum atomic E-state index is 13.4. The van der Waals surface area contributed by atoms with Crippen molar-refractivity contribution in [2.75, 3.05) is 45.9 Å². The van der Waals surface area contributed by atoms with Crippen molar-refractivity contribution in [2.45, 2.75) is 31.2 Å². The Balaban J connectivity index is 1.24. The molecule has 3 atom stereocenters. The lowest BCUT2D eigenvalue weighted by Gasteiger charge is -2.33. The molecule has 0 spiro atoms. The fraction of sp³-hybridized carbons (Fsp3) is 0.500. The molecule has 1 N–H and O–H groups in total.